The lowest BCUT2D eigenvalue weighted by atomic mass is 9.81. The summed E-state index contributed by atoms with van der Waals surface area (Å²) in [5, 5.41) is 8.39. The first-order valence-corrected chi connectivity index (χ1v) is 21.0. The molecule has 0 N–H and O–H groups in total. The molecule has 0 saturated heterocycles. The molecule has 0 radical (unpaired) electrons. The van der Waals surface area contributed by atoms with Crippen LogP contribution in [0, 0.1) is 0 Å². The van der Waals surface area contributed by atoms with E-state index in [1.807, 2.05) is 0 Å². The summed E-state index contributed by atoms with van der Waals surface area (Å²) in [4.78, 5) is 0. The van der Waals surface area contributed by atoms with Crippen molar-refractivity contribution >= 4 is 48.1 Å². The lowest BCUT2D eigenvalue weighted by Crippen LogP contribution is -2.37. The zero-order valence-electron chi connectivity index (χ0n) is 24.7. The van der Waals surface area contributed by atoms with Crippen molar-refractivity contribution in [3.8, 4) is 22.3 Å². The van der Waals surface area contributed by atoms with Gasteiger partial charge in [0.1, 0.15) is 0 Å². The van der Waals surface area contributed by atoms with Crippen LogP contribution in [0.15, 0.2) is 91.0 Å². The molecule has 0 atom stereocenters. The van der Waals surface area contributed by atoms with Crippen LogP contribution in [-0.2, 0) is 5.41 Å². The second kappa shape index (κ2) is 9.36. The quantitative estimate of drug-likeness (QED) is 0.160. The Balaban J connectivity index is 1.96. The van der Waals surface area contributed by atoms with E-state index in [1.54, 1.807) is 0 Å². The summed E-state index contributed by atoms with van der Waals surface area (Å²) < 4.78 is 0. The van der Waals surface area contributed by atoms with Gasteiger partial charge in [0.05, 0.1) is 16.1 Å². The van der Waals surface area contributed by atoms with Gasteiger partial charge in [-0.15, -0.1) is 0 Å². The minimum Gasteiger partial charge on any atom is -0.0656 e. The van der Waals surface area contributed by atoms with Crippen molar-refractivity contribution in [3.63, 3.8) is 0 Å². The fourth-order valence-corrected chi connectivity index (χ4v) is 7.92. The molecule has 0 aliphatic carbocycles. The second-order valence-corrected chi connectivity index (χ2v) is 24.1. The largest absolute Gasteiger partial charge is 0.0776 e. The van der Waals surface area contributed by atoms with Gasteiger partial charge in [0, 0.05) is 0 Å². The smallest absolute Gasteiger partial charge is 0.0656 e. The Hall–Kier alpha value is -2.95. The molecule has 0 amide bonds. The molecule has 0 unspecified atom stereocenters. The fourth-order valence-electron chi connectivity index (χ4n) is 5.55. The minimum atomic E-state index is -1.46. The van der Waals surface area contributed by atoms with Gasteiger partial charge in [0.15, 0.2) is 0 Å². The Morgan fingerprint density at radius 2 is 0.895 bits per heavy atom. The van der Waals surface area contributed by atoms with Crippen LogP contribution in [0.5, 0.6) is 0 Å². The number of benzene rings is 5. The van der Waals surface area contributed by atoms with Crippen molar-refractivity contribution in [2.24, 2.45) is 0 Å². The maximum Gasteiger partial charge on any atom is 0.0776 e. The monoisotopic (exact) mass is 530 g/mol. The van der Waals surface area contributed by atoms with E-state index in [1.165, 1.54) is 59.7 Å². The molecule has 0 heterocycles. The average molecular weight is 531 g/mol. The average Bonchev–Trinajstić information content (AvgIpc) is 2.85. The van der Waals surface area contributed by atoms with E-state index in [9.17, 15) is 0 Å². The second-order valence-electron chi connectivity index (χ2n) is 14.0. The van der Waals surface area contributed by atoms with E-state index in [2.05, 4.69) is 151 Å². The molecule has 2 heteroatoms. The van der Waals surface area contributed by atoms with Gasteiger partial charge in [-0.25, -0.2) is 0 Å². The summed E-state index contributed by atoms with van der Waals surface area (Å²) in [6, 6.07) is 35.1. The standard InChI is InChI=1S/C36H42Si2/c1-36(2,3)27-20-21-32-33(24-27)35(26-15-13-17-29(23-26)38(7,8)9)31-19-11-10-18-30(31)34(32)25-14-12-16-28(22-25)37(4,5)6/h10-24H,1-9H3. The summed E-state index contributed by atoms with van der Waals surface area (Å²) in [5.41, 5.74) is 6.85. The van der Waals surface area contributed by atoms with Crippen LogP contribution >= 0.6 is 0 Å². The van der Waals surface area contributed by atoms with Crippen LogP contribution in [-0.4, -0.2) is 16.1 Å². The highest BCUT2D eigenvalue weighted by Crippen LogP contribution is 2.44. The first-order chi connectivity index (χ1) is 17.7. The zero-order valence-corrected chi connectivity index (χ0v) is 26.7. The van der Waals surface area contributed by atoms with Gasteiger partial charge in [-0.2, -0.15) is 0 Å². The third kappa shape index (κ3) is 4.92. The summed E-state index contributed by atoms with van der Waals surface area (Å²) >= 11 is 0. The minimum absolute atomic E-state index is 0.0786. The first-order valence-electron chi connectivity index (χ1n) is 14.0. The Kier molecular flexibility index (Phi) is 6.56. The molecule has 5 rings (SSSR count). The predicted molar refractivity (Wildman–Crippen MR) is 177 cm³/mol. The van der Waals surface area contributed by atoms with Gasteiger partial charge in [0.25, 0.3) is 0 Å². The number of fused-ring (bicyclic) bond motifs is 2. The van der Waals surface area contributed by atoms with Crippen molar-refractivity contribution in [2.75, 3.05) is 0 Å². The SMILES string of the molecule is CC(C)(C)c1ccc2c(-c3cccc([Si](C)(C)C)c3)c3ccccc3c(-c3cccc([Si](C)(C)C)c3)c2c1. The molecule has 0 aliphatic heterocycles. The molecule has 0 aliphatic rings. The van der Waals surface area contributed by atoms with Crippen molar-refractivity contribution in [1.29, 1.82) is 0 Å². The molecule has 0 nitrogen and oxygen atoms in total. The van der Waals surface area contributed by atoms with E-state index in [-0.39, 0.29) is 5.41 Å². The Bertz CT molecular complexity index is 1650. The van der Waals surface area contributed by atoms with Crippen LogP contribution in [0.25, 0.3) is 43.8 Å². The highest BCUT2D eigenvalue weighted by molar-refractivity contribution is 6.89. The molecule has 0 aromatic heterocycles. The Morgan fingerprint density at radius 1 is 0.447 bits per heavy atom. The van der Waals surface area contributed by atoms with Crippen LogP contribution in [0.3, 0.4) is 0 Å². The number of hydrogen-bond donors (Lipinski definition) is 0. The maximum absolute atomic E-state index is 2.48. The lowest BCUT2D eigenvalue weighted by Gasteiger charge is -2.24. The summed E-state index contributed by atoms with van der Waals surface area (Å²) in [7, 11) is -2.91. The fraction of sp³-hybridized carbons (Fsp3) is 0.278. The maximum atomic E-state index is 2.48. The number of hydrogen-bond acceptors (Lipinski definition) is 0. The van der Waals surface area contributed by atoms with Gasteiger partial charge >= 0.3 is 0 Å². The molecular weight excluding hydrogens is 489 g/mol. The van der Waals surface area contributed by atoms with E-state index in [0.29, 0.717) is 0 Å². The third-order valence-electron chi connectivity index (χ3n) is 7.92. The van der Waals surface area contributed by atoms with Gasteiger partial charge in [-0.05, 0) is 60.8 Å². The molecule has 5 aromatic carbocycles. The molecule has 194 valence electrons. The third-order valence-corrected chi connectivity index (χ3v) is 12.0. The molecule has 5 aromatic rings. The van der Waals surface area contributed by atoms with E-state index in [0.717, 1.165) is 0 Å². The summed E-state index contributed by atoms with van der Waals surface area (Å²) in [5.74, 6) is 0. The van der Waals surface area contributed by atoms with Crippen molar-refractivity contribution in [3.05, 3.63) is 96.6 Å². The predicted octanol–water partition coefficient (Wildman–Crippen LogP) is 9.71. The Labute approximate surface area is 231 Å². The molecular formula is C36H42Si2. The lowest BCUT2D eigenvalue weighted by molar-refractivity contribution is 0.591. The molecule has 0 saturated carbocycles. The van der Waals surface area contributed by atoms with Crippen LogP contribution in [0.2, 0.25) is 39.3 Å². The zero-order chi connectivity index (χ0) is 27.5. The van der Waals surface area contributed by atoms with Gasteiger partial charge in [-0.1, -0.05) is 155 Å². The van der Waals surface area contributed by atoms with Crippen LogP contribution in [0.4, 0.5) is 0 Å². The number of rotatable bonds is 4. The van der Waals surface area contributed by atoms with E-state index >= 15 is 0 Å². The first kappa shape index (κ1) is 26.7. The highest BCUT2D eigenvalue weighted by atomic mass is 28.3. The molecule has 0 bridgehead atoms. The van der Waals surface area contributed by atoms with Crippen molar-refractivity contribution < 1.29 is 0 Å². The topological polar surface area (TPSA) is 0 Å². The van der Waals surface area contributed by atoms with E-state index in [4.69, 9.17) is 0 Å². The van der Waals surface area contributed by atoms with Crippen LogP contribution < -0.4 is 10.4 Å². The highest BCUT2D eigenvalue weighted by Gasteiger charge is 2.23. The normalized spacial score (nSPS) is 12.9. The van der Waals surface area contributed by atoms with E-state index < -0.39 is 16.1 Å². The van der Waals surface area contributed by atoms with Crippen LogP contribution in [0.1, 0.15) is 26.3 Å². The Morgan fingerprint density at radius 3 is 1.34 bits per heavy atom. The van der Waals surface area contributed by atoms with Gasteiger partial charge in [-0.3, -0.25) is 0 Å². The summed E-state index contributed by atoms with van der Waals surface area (Å²) in [6.07, 6.45) is 0. The molecule has 0 spiro atoms. The molecule has 0 fully saturated rings. The van der Waals surface area contributed by atoms with Gasteiger partial charge < -0.3 is 0 Å². The molecule has 38 heavy (non-hydrogen) atoms. The van der Waals surface area contributed by atoms with Crippen molar-refractivity contribution in [1.82, 2.24) is 0 Å². The summed E-state index contributed by atoms with van der Waals surface area (Å²) in [6.45, 7) is 21.6. The van der Waals surface area contributed by atoms with Crippen molar-refractivity contribution in [2.45, 2.75) is 65.5 Å². The van der Waals surface area contributed by atoms with Gasteiger partial charge in [0.2, 0.25) is 0 Å².